The number of carbonyl (C=O) groups is 1. The van der Waals surface area contributed by atoms with Crippen molar-refractivity contribution in [2.45, 2.75) is 25.3 Å². The van der Waals surface area contributed by atoms with Gasteiger partial charge in [-0.2, -0.15) is 10.4 Å². The maximum atomic E-state index is 13.6. The number of nitriles is 1. The number of nitrogens with one attached hydrogen (secondary N) is 3. The van der Waals surface area contributed by atoms with Gasteiger partial charge in [0.1, 0.15) is 11.6 Å². The van der Waals surface area contributed by atoms with Crippen LogP contribution in [0.4, 0.5) is 20.3 Å². The molecule has 2 heterocycles. The van der Waals surface area contributed by atoms with Crippen molar-refractivity contribution in [3.8, 4) is 6.07 Å². The van der Waals surface area contributed by atoms with Gasteiger partial charge in [0.25, 0.3) is 5.91 Å². The number of hydrogen-bond donors (Lipinski definition) is 3. The first-order valence-corrected chi connectivity index (χ1v) is 12.1. The highest BCUT2D eigenvalue weighted by molar-refractivity contribution is 6.10. The Balaban J connectivity index is 1.39. The molecule has 3 aromatic carbocycles. The van der Waals surface area contributed by atoms with E-state index in [0.29, 0.717) is 45.5 Å². The third-order valence-electron chi connectivity index (χ3n) is 6.66. The van der Waals surface area contributed by atoms with E-state index in [2.05, 4.69) is 38.8 Å². The number of anilines is 2. The van der Waals surface area contributed by atoms with Crippen LogP contribution in [0.1, 0.15) is 39.9 Å². The fourth-order valence-electron chi connectivity index (χ4n) is 4.69. The highest BCUT2D eigenvalue weighted by atomic mass is 19.1. The van der Waals surface area contributed by atoms with Gasteiger partial charge in [0.15, 0.2) is 5.82 Å². The first-order chi connectivity index (χ1) is 17.9. The lowest BCUT2D eigenvalue weighted by atomic mass is 10.0. The summed E-state index contributed by atoms with van der Waals surface area (Å²) < 4.78 is 27.2. The van der Waals surface area contributed by atoms with Crippen molar-refractivity contribution in [2.24, 2.45) is 0 Å². The average molecular weight is 501 g/mol. The molecule has 0 aliphatic carbocycles. The molecule has 7 nitrogen and oxygen atoms in total. The average Bonchev–Trinajstić information content (AvgIpc) is 3.26. The minimum Gasteiger partial charge on any atom is -0.382 e. The fourth-order valence-corrected chi connectivity index (χ4v) is 4.69. The molecule has 9 heteroatoms. The number of likely N-dealkylation sites (tertiary alicyclic amines) is 1. The number of benzene rings is 3. The van der Waals surface area contributed by atoms with E-state index in [9.17, 15) is 18.8 Å². The fraction of sp³-hybridized carbons (Fsp3) is 0.250. The lowest BCUT2D eigenvalue weighted by Gasteiger charge is -2.30. The molecule has 0 radical (unpaired) electrons. The number of rotatable bonds is 6. The molecule has 1 aliphatic rings. The maximum absolute atomic E-state index is 13.6. The van der Waals surface area contributed by atoms with Gasteiger partial charge in [-0.3, -0.25) is 9.89 Å². The van der Waals surface area contributed by atoms with Gasteiger partial charge < -0.3 is 15.5 Å². The van der Waals surface area contributed by atoms with Gasteiger partial charge in [0.05, 0.1) is 22.7 Å². The van der Waals surface area contributed by atoms with Crippen LogP contribution in [0, 0.1) is 23.0 Å². The summed E-state index contributed by atoms with van der Waals surface area (Å²) in [7, 11) is 2.08. The molecule has 37 heavy (non-hydrogen) atoms. The molecule has 1 fully saturated rings. The Morgan fingerprint density at radius 1 is 1.08 bits per heavy atom. The van der Waals surface area contributed by atoms with Gasteiger partial charge >= 0.3 is 0 Å². The third kappa shape index (κ3) is 5.60. The Hall–Kier alpha value is -4.29. The number of amides is 1. The van der Waals surface area contributed by atoms with Gasteiger partial charge in [-0.1, -0.05) is 6.07 Å². The highest BCUT2D eigenvalue weighted by Gasteiger charge is 2.21. The molecular weight excluding hydrogens is 474 g/mol. The summed E-state index contributed by atoms with van der Waals surface area (Å²) in [5.74, 6) is -1.26. The van der Waals surface area contributed by atoms with Crippen LogP contribution in [0.15, 0.2) is 54.6 Å². The second-order valence-electron chi connectivity index (χ2n) is 9.45. The summed E-state index contributed by atoms with van der Waals surface area (Å²) in [6.07, 6.45) is 2.20. The van der Waals surface area contributed by atoms with Crippen LogP contribution in [-0.2, 0) is 6.42 Å². The number of aromatic amines is 1. The van der Waals surface area contributed by atoms with Gasteiger partial charge in [0, 0.05) is 23.2 Å². The van der Waals surface area contributed by atoms with E-state index in [0.717, 1.165) is 37.6 Å². The topological polar surface area (TPSA) is 96.8 Å². The quantitative estimate of drug-likeness (QED) is 0.344. The molecule has 0 bridgehead atoms. The van der Waals surface area contributed by atoms with Crippen LogP contribution in [0.5, 0.6) is 0 Å². The number of H-pyrrole nitrogens is 1. The number of halogens is 2. The van der Waals surface area contributed by atoms with E-state index < -0.39 is 11.6 Å². The molecule has 5 rings (SSSR count). The maximum Gasteiger partial charge on any atom is 0.258 e. The Kier molecular flexibility index (Phi) is 6.84. The molecule has 1 amide bonds. The summed E-state index contributed by atoms with van der Waals surface area (Å²) >= 11 is 0. The molecule has 0 saturated carbocycles. The van der Waals surface area contributed by atoms with Crippen molar-refractivity contribution in [2.75, 3.05) is 30.8 Å². The van der Waals surface area contributed by atoms with E-state index in [-0.39, 0.29) is 11.9 Å². The Bertz CT molecular complexity index is 1480. The summed E-state index contributed by atoms with van der Waals surface area (Å²) in [5, 5.41) is 23.6. The zero-order valence-corrected chi connectivity index (χ0v) is 20.3. The van der Waals surface area contributed by atoms with Crippen LogP contribution in [0.2, 0.25) is 0 Å². The van der Waals surface area contributed by atoms with Gasteiger partial charge in [-0.25, -0.2) is 8.78 Å². The normalized spacial score (nSPS) is 14.4. The minimum atomic E-state index is -0.626. The number of fused-ring (bicyclic) bond motifs is 1. The predicted molar refractivity (Wildman–Crippen MR) is 139 cm³/mol. The number of piperidine rings is 1. The van der Waals surface area contributed by atoms with Crippen molar-refractivity contribution in [3.63, 3.8) is 0 Å². The molecule has 4 aromatic rings. The number of nitrogens with zero attached hydrogens (tertiary/aromatic N) is 3. The van der Waals surface area contributed by atoms with Gasteiger partial charge in [0.2, 0.25) is 0 Å². The van der Waals surface area contributed by atoms with E-state index in [1.807, 2.05) is 18.2 Å². The SMILES string of the molecule is CN1CCC(Nc2cc(C#N)ccc2C(=O)Nc2n[nH]c3ccc(Cc4cc(F)cc(F)c4)cc23)CC1. The molecule has 1 saturated heterocycles. The molecule has 0 atom stereocenters. The van der Waals surface area contributed by atoms with Crippen molar-refractivity contribution in [1.29, 1.82) is 5.26 Å². The summed E-state index contributed by atoms with van der Waals surface area (Å²) in [6, 6.07) is 16.3. The second-order valence-corrected chi connectivity index (χ2v) is 9.45. The van der Waals surface area contributed by atoms with Crippen LogP contribution in [-0.4, -0.2) is 47.2 Å². The minimum absolute atomic E-state index is 0.207. The molecular formula is C28H26F2N6O. The number of aromatic nitrogens is 2. The largest absolute Gasteiger partial charge is 0.382 e. The van der Waals surface area contributed by atoms with Gasteiger partial charge in [-0.05, 0) is 93.0 Å². The number of hydrogen-bond acceptors (Lipinski definition) is 5. The van der Waals surface area contributed by atoms with Crippen LogP contribution >= 0.6 is 0 Å². The molecule has 1 aliphatic heterocycles. The van der Waals surface area contributed by atoms with E-state index in [1.165, 1.54) is 12.1 Å². The molecule has 0 spiro atoms. The van der Waals surface area contributed by atoms with E-state index in [1.54, 1.807) is 18.2 Å². The summed E-state index contributed by atoms with van der Waals surface area (Å²) in [6.45, 7) is 1.92. The zero-order chi connectivity index (χ0) is 25.9. The van der Waals surface area contributed by atoms with E-state index >= 15 is 0 Å². The molecule has 0 unspecified atom stereocenters. The smallest absolute Gasteiger partial charge is 0.258 e. The summed E-state index contributed by atoms with van der Waals surface area (Å²) in [4.78, 5) is 15.6. The molecule has 188 valence electrons. The molecule has 1 aromatic heterocycles. The summed E-state index contributed by atoms with van der Waals surface area (Å²) in [5.41, 5.74) is 3.54. The first-order valence-electron chi connectivity index (χ1n) is 12.1. The van der Waals surface area contributed by atoms with Crippen LogP contribution < -0.4 is 10.6 Å². The Morgan fingerprint density at radius 2 is 1.84 bits per heavy atom. The second kappa shape index (κ2) is 10.4. The van der Waals surface area contributed by atoms with Crippen molar-refractivity contribution in [1.82, 2.24) is 15.1 Å². The van der Waals surface area contributed by atoms with Crippen molar-refractivity contribution < 1.29 is 13.6 Å². The predicted octanol–water partition coefficient (Wildman–Crippen LogP) is 5.06. The van der Waals surface area contributed by atoms with E-state index in [4.69, 9.17) is 0 Å². The lowest BCUT2D eigenvalue weighted by Crippen LogP contribution is -2.37. The monoisotopic (exact) mass is 500 g/mol. The Labute approximate surface area is 213 Å². The third-order valence-corrected chi connectivity index (χ3v) is 6.66. The van der Waals surface area contributed by atoms with Crippen LogP contribution in [0.3, 0.4) is 0 Å². The molecule has 3 N–H and O–H groups in total. The van der Waals surface area contributed by atoms with Crippen LogP contribution in [0.25, 0.3) is 10.9 Å². The Morgan fingerprint density at radius 3 is 2.57 bits per heavy atom. The lowest BCUT2D eigenvalue weighted by molar-refractivity contribution is 0.102. The van der Waals surface area contributed by atoms with Gasteiger partial charge in [-0.15, -0.1) is 0 Å². The number of carbonyl (C=O) groups excluding carboxylic acids is 1. The first kappa shape index (κ1) is 24.4. The highest BCUT2D eigenvalue weighted by Crippen LogP contribution is 2.27. The van der Waals surface area contributed by atoms with Crippen molar-refractivity contribution in [3.05, 3.63) is 88.5 Å². The standard InChI is InChI=1S/C28H26F2N6O/c1-36-8-6-22(7-9-36)32-26-14-18(16-31)2-4-23(26)28(37)33-27-24-13-17(3-5-25(24)34-35-27)10-19-11-20(29)15-21(30)12-19/h2-5,11-15,22,32H,6-10H2,1H3,(H2,33,34,35,37). The van der Waals surface area contributed by atoms with Crippen molar-refractivity contribution >= 4 is 28.3 Å². The zero-order valence-electron chi connectivity index (χ0n) is 20.3.